The molecule has 1 fully saturated rings. The molecule has 0 amide bonds. The van der Waals surface area contributed by atoms with Crippen LogP contribution in [-0.4, -0.2) is 12.3 Å². The largest absolute Gasteiger partial charge is 0.175 e. The van der Waals surface area contributed by atoms with Crippen molar-refractivity contribution >= 4 is 11.9 Å². The zero-order chi connectivity index (χ0) is 7.78. The first-order chi connectivity index (χ1) is 5.50. The SMILES string of the molecule is C1CCCC[N]SCCCC1. The van der Waals surface area contributed by atoms with E-state index in [1.165, 1.54) is 50.7 Å². The molecule has 0 spiro atoms. The van der Waals surface area contributed by atoms with E-state index in [0.29, 0.717) is 0 Å². The third kappa shape index (κ3) is 5.57. The smallest absolute Gasteiger partial charge is 0.0256 e. The zero-order valence-corrected chi connectivity index (χ0v) is 8.04. The number of hydrogen-bond acceptors (Lipinski definition) is 1. The first kappa shape index (κ1) is 9.40. The van der Waals surface area contributed by atoms with Crippen LogP contribution in [-0.2, 0) is 0 Å². The van der Waals surface area contributed by atoms with E-state index < -0.39 is 0 Å². The third-order valence-electron chi connectivity index (χ3n) is 2.08. The molecule has 11 heavy (non-hydrogen) atoms. The minimum atomic E-state index is 1.09. The Bertz CT molecular complexity index is 47.6. The van der Waals surface area contributed by atoms with Gasteiger partial charge >= 0.3 is 0 Å². The molecule has 0 bridgehead atoms. The highest BCUT2D eigenvalue weighted by Crippen LogP contribution is 2.11. The monoisotopic (exact) mass is 172 g/mol. The van der Waals surface area contributed by atoms with Crippen LogP contribution in [0.15, 0.2) is 0 Å². The van der Waals surface area contributed by atoms with Gasteiger partial charge in [0, 0.05) is 12.3 Å². The van der Waals surface area contributed by atoms with Crippen LogP contribution in [0.4, 0.5) is 0 Å². The fourth-order valence-electron chi connectivity index (χ4n) is 1.36. The summed E-state index contributed by atoms with van der Waals surface area (Å²) in [6.45, 7) is 1.09. The Morgan fingerprint density at radius 1 is 0.727 bits per heavy atom. The molecule has 1 saturated heterocycles. The van der Waals surface area contributed by atoms with Crippen molar-refractivity contribution in [3.05, 3.63) is 0 Å². The van der Waals surface area contributed by atoms with Crippen molar-refractivity contribution in [3.8, 4) is 0 Å². The van der Waals surface area contributed by atoms with Crippen molar-refractivity contribution in [1.29, 1.82) is 0 Å². The lowest BCUT2D eigenvalue weighted by molar-refractivity contribution is 0.594. The van der Waals surface area contributed by atoms with Gasteiger partial charge in [0.05, 0.1) is 0 Å². The second-order valence-corrected chi connectivity index (χ2v) is 4.09. The maximum Gasteiger partial charge on any atom is 0.0256 e. The molecule has 1 aliphatic rings. The van der Waals surface area contributed by atoms with Gasteiger partial charge in [0.15, 0.2) is 0 Å². The summed E-state index contributed by atoms with van der Waals surface area (Å²) < 4.78 is 4.39. The highest BCUT2D eigenvalue weighted by Gasteiger charge is 1.96. The second kappa shape index (κ2) is 6.99. The van der Waals surface area contributed by atoms with Gasteiger partial charge in [-0.3, -0.25) is 0 Å². The summed E-state index contributed by atoms with van der Waals surface area (Å²) in [6.07, 6.45) is 9.82. The summed E-state index contributed by atoms with van der Waals surface area (Å²) in [5.41, 5.74) is 0. The Kier molecular flexibility index (Phi) is 5.97. The van der Waals surface area contributed by atoms with Gasteiger partial charge in [0.1, 0.15) is 0 Å². The van der Waals surface area contributed by atoms with Gasteiger partial charge in [-0.25, -0.2) is 0 Å². The van der Waals surface area contributed by atoms with Crippen LogP contribution in [0.5, 0.6) is 0 Å². The van der Waals surface area contributed by atoms with E-state index in [1.54, 1.807) is 11.9 Å². The molecule has 1 aliphatic heterocycles. The fraction of sp³-hybridized carbons (Fsp3) is 1.00. The molecular formula is C9H18NS. The van der Waals surface area contributed by atoms with Crippen LogP contribution in [0.3, 0.4) is 0 Å². The molecule has 1 radical (unpaired) electrons. The highest BCUT2D eigenvalue weighted by atomic mass is 32.2. The first-order valence-corrected chi connectivity index (χ1v) is 5.73. The summed E-state index contributed by atoms with van der Waals surface area (Å²) >= 11 is 1.79. The van der Waals surface area contributed by atoms with Gasteiger partial charge in [-0.1, -0.05) is 44.1 Å². The topological polar surface area (TPSA) is 14.1 Å². The Balaban J connectivity index is 2.02. The maximum atomic E-state index is 4.39. The van der Waals surface area contributed by atoms with Crippen LogP contribution in [0.25, 0.3) is 0 Å². The van der Waals surface area contributed by atoms with Gasteiger partial charge in [0.25, 0.3) is 0 Å². The van der Waals surface area contributed by atoms with E-state index in [4.69, 9.17) is 0 Å². The van der Waals surface area contributed by atoms with Crippen molar-refractivity contribution in [1.82, 2.24) is 4.72 Å². The molecule has 1 nitrogen and oxygen atoms in total. The van der Waals surface area contributed by atoms with E-state index in [1.807, 2.05) is 0 Å². The van der Waals surface area contributed by atoms with E-state index >= 15 is 0 Å². The summed E-state index contributed by atoms with van der Waals surface area (Å²) in [4.78, 5) is 0. The molecule has 1 rings (SSSR count). The van der Waals surface area contributed by atoms with E-state index in [-0.39, 0.29) is 0 Å². The van der Waals surface area contributed by atoms with Crippen LogP contribution in [0.2, 0.25) is 0 Å². The maximum absolute atomic E-state index is 4.39. The molecule has 0 aliphatic carbocycles. The van der Waals surface area contributed by atoms with Gasteiger partial charge in [-0.2, -0.15) is 4.72 Å². The lowest BCUT2D eigenvalue weighted by Crippen LogP contribution is -1.97. The third-order valence-corrected chi connectivity index (χ3v) is 2.91. The summed E-state index contributed by atoms with van der Waals surface area (Å²) in [5, 5.41) is 0. The fourth-order valence-corrected chi connectivity index (χ4v) is 2.08. The zero-order valence-electron chi connectivity index (χ0n) is 7.22. The Labute approximate surface area is 74.5 Å². The lowest BCUT2D eigenvalue weighted by Gasteiger charge is -1.97. The van der Waals surface area contributed by atoms with Gasteiger partial charge in [-0.15, -0.1) is 0 Å². The predicted octanol–water partition coefficient (Wildman–Crippen LogP) is 2.98. The first-order valence-electron chi connectivity index (χ1n) is 4.79. The molecule has 0 saturated carbocycles. The Hall–Kier alpha value is 0.310. The molecule has 0 atom stereocenters. The molecule has 1 heterocycles. The van der Waals surface area contributed by atoms with Crippen molar-refractivity contribution in [2.24, 2.45) is 0 Å². The normalized spacial score (nSPS) is 24.0. The van der Waals surface area contributed by atoms with Gasteiger partial charge < -0.3 is 0 Å². The molecule has 0 aromatic carbocycles. The number of nitrogens with zero attached hydrogens (tertiary/aromatic N) is 1. The Morgan fingerprint density at radius 3 is 2.18 bits per heavy atom. The van der Waals surface area contributed by atoms with E-state index in [2.05, 4.69) is 4.72 Å². The molecule has 0 N–H and O–H groups in total. The van der Waals surface area contributed by atoms with Crippen LogP contribution in [0, 0.1) is 0 Å². The minimum Gasteiger partial charge on any atom is -0.175 e. The molecule has 65 valence electrons. The molecule has 0 aromatic rings. The van der Waals surface area contributed by atoms with Crippen molar-refractivity contribution in [3.63, 3.8) is 0 Å². The molecule has 0 aromatic heterocycles. The molecular weight excluding hydrogens is 154 g/mol. The van der Waals surface area contributed by atoms with Crippen LogP contribution in [0.1, 0.15) is 44.9 Å². The van der Waals surface area contributed by atoms with Crippen LogP contribution < -0.4 is 4.72 Å². The van der Waals surface area contributed by atoms with Crippen molar-refractivity contribution in [2.45, 2.75) is 44.9 Å². The predicted molar refractivity (Wildman–Crippen MR) is 51.8 cm³/mol. The van der Waals surface area contributed by atoms with Gasteiger partial charge in [0.2, 0.25) is 0 Å². The standard InChI is InChI=1S/C9H18NS/c1-2-4-6-8-10-11-9-7-5-3-1/h1-9H2. The Morgan fingerprint density at radius 2 is 1.36 bits per heavy atom. The van der Waals surface area contributed by atoms with Crippen molar-refractivity contribution in [2.75, 3.05) is 12.3 Å². The highest BCUT2D eigenvalue weighted by molar-refractivity contribution is 7.97. The molecule has 0 unspecified atom stereocenters. The lowest BCUT2D eigenvalue weighted by atomic mass is 10.1. The van der Waals surface area contributed by atoms with E-state index in [9.17, 15) is 0 Å². The summed E-state index contributed by atoms with van der Waals surface area (Å²) in [6, 6.07) is 0. The summed E-state index contributed by atoms with van der Waals surface area (Å²) in [7, 11) is 0. The average molecular weight is 172 g/mol. The average Bonchev–Trinajstić information content (AvgIpc) is 2.08. The summed E-state index contributed by atoms with van der Waals surface area (Å²) in [5.74, 6) is 1.25. The van der Waals surface area contributed by atoms with Crippen molar-refractivity contribution < 1.29 is 0 Å². The number of hydrogen-bond donors (Lipinski definition) is 0. The minimum absolute atomic E-state index is 1.09. The van der Waals surface area contributed by atoms with Crippen LogP contribution >= 0.6 is 11.9 Å². The number of rotatable bonds is 0. The van der Waals surface area contributed by atoms with E-state index in [0.717, 1.165) is 6.54 Å². The molecule has 2 heteroatoms. The second-order valence-electron chi connectivity index (χ2n) is 3.16. The quantitative estimate of drug-likeness (QED) is 0.512. The van der Waals surface area contributed by atoms with Gasteiger partial charge in [-0.05, 0) is 12.8 Å².